The maximum Gasteiger partial charge on any atom is 0.336 e. The van der Waals surface area contributed by atoms with Gasteiger partial charge in [0.05, 0.1) is 5.56 Å². The monoisotopic (exact) mass is 294 g/mol. The summed E-state index contributed by atoms with van der Waals surface area (Å²) in [6.07, 6.45) is 0.380. The second kappa shape index (κ2) is 8.63. The van der Waals surface area contributed by atoms with Crippen molar-refractivity contribution in [2.45, 2.75) is 27.2 Å². The first-order valence-corrected chi connectivity index (χ1v) is 6.28. The van der Waals surface area contributed by atoms with Crippen molar-refractivity contribution < 1.29 is 29.4 Å². The lowest BCUT2D eigenvalue weighted by molar-refractivity contribution is -0.145. The molecule has 2 N–H and O–H groups in total. The van der Waals surface area contributed by atoms with Crippen LogP contribution in [0.1, 0.15) is 47.9 Å². The molecule has 1 unspecified atom stereocenters. The van der Waals surface area contributed by atoms with E-state index in [4.69, 9.17) is 10.2 Å². The summed E-state index contributed by atoms with van der Waals surface area (Å²) in [5.74, 6) is -3.39. The third-order valence-corrected chi connectivity index (χ3v) is 2.73. The lowest BCUT2D eigenvalue weighted by Crippen LogP contribution is -2.19. The van der Waals surface area contributed by atoms with Gasteiger partial charge in [-0.1, -0.05) is 25.1 Å². The van der Waals surface area contributed by atoms with E-state index >= 15 is 0 Å². The highest BCUT2D eigenvalue weighted by Crippen LogP contribution is 2.08. The van der Waals surface area contributed by atoms with Gasteiger partial charge >= 0.3 is 11.9 Å². The fourth-order valence-corrected chi connectivity index (χ4v) is 1.61. The molecular formula is C15H18O6. The van der Waals surface area contributed by atoms with Crippen molar-refractivity contribution in [2.75, 3.05) is 0 Å². The molecule has 1 aromatic rings. The van der Waals surface area contributed by atoms with Crippen molar-refractivity contribution in [1.29, 1.82) is 0 Å². The molecule has 0 saturated carbocycles. The number of aliphatic carboxylic acids is 1. The Balaban J connectivity index is 0.000000400. The van der Waals surface area contributed by atoms with Gasteiger partial charge in [0.25, 0.3) is 0 Å². The van der Waals surface area contributed by atoms with Crippen LogP contribution in [0.3, 0.4) is 0 Å². The summed E-state index contributed by atoms with van der Waals surface area (Å²) >= 11 is 0. The number of carboxylic acids is 2. The highest BCUT2D eigenvalue weighted by molar-refractivity contribution is 6.04. The number of carbonyl (C=O) groups excluding carboxylic acids is 2. The molecule has 6 heteroatoms. The summed E-state index contributed by atoms with van der Waals surface area (Å²) in [6, 6.07) is 6.16. The van der Waals surface area contributed by atoms with E-state index in [0.717, 1.165) is 0 Å². The van der Waals surface area contributed by atoms with Crippen LogP contribution in [0.25, 0.3) is 0 Å². The third kappa shape index (κ3) is 5.99. The minimum Gasteiger partial charge on any atom is -0.481 e. The normalized spacial score (nSPS) is 10.8. The summed E-state index contributed by atoms with van der Waals surface area (Å²) in [4.78, 5) is 42.1. The molecule has 0 aliphatic carbocycles. The molecule has 0 fully saturated rings. The SMILES string of the molecule is CC(=O)c1ccccc1C(=O)O.CCC(C(C)=O)C(=O)O. The molecular weight excluding hydrogens is 276 g/mol. The van der Waals surface area contributed by atoms with E-state index in [2.05, 4.69) is 0 Å². The number of aromatic carboxylic acids is 1. The van der Waals surface area contributed by atoms with E-state index in [0.29, 0.717) is 6.42 Å². The molecule has 0 aliphatic heterocycles. The topological polar surface area (TPSA) is 109 Å². The number of hydrogen-bond donors (Lipinski definition) is 2. The Labute approximate surface area is 122 Å². The molecule has 114 valence electrons. The second-order valence-electron chi connectivity index (χ2n) is 4.32. The average Bonchev–Trinajstić information content (AvgIpc) is 2.39. The zero-order chi connectivity index (χ0) is 16.6. The van der Waals surface area contributed by atoms with Gasteiger partial charge in [-0.3, -0.25) is 14.4 Å². The number of carboxylic acid groups (broad SMARTS) is 2. The first-order valence-electron chi connectivity index (χ1n) is 6.28. The number of carbonyl (C=O) groups is 4. The van der Waals surface area contributed by atoms with Crippen LogP contribution in [-0.2, 0) is 9.59 Å². The highest BCUT2D eigenvalue weighted by Gasteiger charge is 2.19. The quantitative estimate of drug-likeness (QED) is 0.637. The van der Waals surface area contributed by atoms with Crippen LogP contribution in [0.4, 0.5) is 0 Å². The lowest BCUT2D eigenvalue weighted by atomic mass is 10.0. The molecule has 0 saturated heterocycles. The third-order valence-electron chi connectivity index (χ3n) is 2.73. The molecule has 0 amide bonds. The molecule has 0 aliphatic rings. The van der Waals surface area contributed by atoms with Crippen LogP contribution < -0.4 is 0 Å². The van der Waals surface area contributed by atoms with Crippen molar-refractivity contribution in [2.24, 2.45) is 5.92 Å². The van der Waals surface area contributed by atoms with E-state index in [1.165, 1.54) is 26.0 Å². The molecule has 1 aromatic carbocycles. The standard InChI is InChI=1S/C9H8O3.C6H10O3/c1-6(10)7-4-2-3-5-8(7)9(11)12;1-3-5(4(2)7)6(8)9/h2-5H,1H3,(H,11,12);5H,3H2,1-2H3,(H,8,9). The Morgan fingerprint density at radius 1 is 1.00 bits per heavy atom. The van der Waals surface area contributed by atoms with Crippen molar-refractivity contribution in [3.8, 4) is 0 Å². The van der Waals surface area contributed by atoms with E-state index in [-0.39, 0.29) is 22.7 Å². The van der Waals surface area contributed by atoms with Crippen LogP contribution in [0, 0.1) is 5.92 Å². The molecule has 0 spiro atoms. The first kappa shape index (κ1) is 18.5. The van der Waals surface area contributed by atoms with E-state index in [1.807, 2.05) is 0 Å². The fraction of sp³-hybridized carbons (Fsp3) is 0.333. The van der Waals surface area contributed by atoms with Crippen molar-refractivity contribution in [3.63, 3.8) is 0 Å². The number of benzene rings is 1. The van der Waals surface area contributed by atoms with Crippen LogP contribution >= 0.6 is 0 Å². The Kier molecular flexibility index (Phi) is 7.60. The molecule has 0 bridgehead atoms. The second-order valence-corrected chi connectivity index (χ2v) is 4.32. The molecule has 1 rings (SSSR count). The zero-order valence-electron chi connectivity index (χ0n) is 12.1. The van der Waals surface area contributed by atoms with Gasteiger partial charge in [0.15, 0.2) is 5.78 Å². The average molecular weight is 294 g/mol. The van der Waals surface area contributed by atoms with Gasteiger partial charge in [-0.2, -0.15) is 0 Å². The highest BCUT2D eigenvalue weighted by atomic mass is 16.4. The van der Waals surface area contributed by atoms with Gasteiger partial charge < -0.3 is 10.2 Å². The summed E-state index contributed by atoms with van der Waals surface area (Å²) in [5.41, 5.74) is 0.315. The number of hydrogen-bond acceptors (Lipinski definition) is 4. The first-order chi connectivity index (χ1) is 9.72. The maximum absolute atomic E-state index is 10.9. The largest absolute Gasteiger partial charge is 0.481 e. The lowest BCUT2D eigenvalue weighted by Gasteiger charge is -2.01. The van der Waals surface area contributed by atoms with Gasteiger partial charge in [0, 0.05) is 5.56 Å². The van der Waals surface area contributed by atoms with Gasteiger partial charge in [0.1, 0.15) is 11.7 Å². The minimum atomic E-state index is -1.07. The molecule has 21 heavy (non-hydrogen) atoms. The van der Waals surface area contributed by atoms with Crippen LogP contribution in [-0.4, -0.2) is 33.7 Å². The Hall–Kier alpha value is -2.50. The minimum absolute atomic E-state index is 0.0602. The molecule has 1 atom stereocenters. The molecule has 0 heterocycles. The van der Waals surface area contributed by atoms with Crippen LogP contribution in [0.5, 0.6) is 0 Å². The van der Waals surface area contributed by atoms with Crippen molar-refractivity contribution >= 4 is 23.5 Å². The maximum atomic E-state index is 10.9. The van der Waals surface area contributed by atoms with Crippen molar-refractivity contribution in [1.82, 2.24) is 0 Å². The van der Waals surface area contributed by atoms with Crippen LogP contribution in [0.15, 0.2) is 24.3 Å². The number of ketones is 2. The smallest absolute Gasteiger partial charge is 0.336 e. The van der Waals surface area contributed by atoms with E-state index in [1.54, 1.807) is 19.1 Å². The van der Waals surface area contributed by atoms with Gasteiger partial charge in [-0.15, -0.1) is 0 Å². The summed E-state index contributed by atoms with van der Waals surface area (Å²) in [7, 11) is 0. The summed E-state index contributed by atoms with van der Waals surface area (Å²) in [5, 5.41) is 17.0. The van der Waals surface area contributed by atoms with E-state index in [9.17, 15) is 19.2 Å². The molecule has 0 aromatic heterocycles. The van der Waals surface area contributed by atoms with Gasteiger partial charge in [-0.25, -0.2) is 4.79 Å². The van der Waals surface area contributed by atoms with Crippen LogP contribution in [0.2, 0.25) is 0 Å². The predicted molar refractivity (Wildman–Crippen MR) is 75.5 cm³/mol. The molecule has 0 radical (unpaired) electrons. The number of rotatable bonds is 5. The van der Waals surface area contributed by atoms with Crippen molar-refractivity contribution in [3.05, 3.63) is 35.4 Å². The zero-order valence-corrected chi connectivity index (χ0v) is 12.1. The Bertz CT molecular complexity index is 500. The summed E-state index contributed by atoms with van der Waals surface area (Å²) in [6.45, 7) is 4.32. The molecule has 6 nitrogen and oxygen atoms in total. The fourth-order valence-electron chi connectivity index (χ4n) is 1.61. The predicted octanol–water partition coefficient (Wildman–Crippen LogP) is 2.27. The Morgan fingerprint density at radius 2 is 1.48 bits per heavy atom. The van der Waals surface area contributed by atoms with Gasteiger partial charge in [-0.05, 0) is 26.3 Å². The van der Waals surface area contributed by atoms with E-state index < -0.39 is 17.9 Å². The van der Waals surface area contributed by atoms with Gasteiger partial charge in [0.2, 0.25) is 0 Å². The number of Topliss-reactive ketones (excluding diaryl/α,β-unsaturated/α-hetero) is 2. The summed E-state index contributed by atoms with van der Waals surface area (Å²) < 4.78 is 0. The Morgan fingerprint density at radius 3 is 1.67 bits per heavy atom.